The third-order valence-corrected chi connectivity index (χ3v) is 4.63. The maximum atomic E-state index is 12.4. The number of amides is 1. The molecule has 1 amide bonds. The van der Waals surface area contributed by atoms with E-state index in [1.54, 1.807) is 0 Å². The van der Waals surface area contributed by atoms with Crippen LogP contribution in [0.1, 0.15) is 52.2 Å². The second kappa shape index (κ2) is 10.2. The first-order valence-corrected chi connectivity index (χ1v) is 10.1. The summed E-state index contributed by atoms with van der Waals surface area (Å²) in [6.45, 7) is 11.4. The van der Waals surface area contributed by atoms with E-state index in [2.05, 4.69) is 39.1 Å². The zero-order valence-corrected chi connectivity index (χ0v) is 17.7. The lowest BCUT2D eigenvalue weighted by Gasteiger charge is -2.23. The van der Waals surface area contributed by atoms with Crippen molar-refractivity contribution in [3.63, 3.8) is 0 Å². The molecule has 0 saturated carbocycles. The maximum Gasteiger partial charge on any atom is 0.261 e. The Kier molecular flexibility index (Phi) is 7.91. The average Bonchev–Trinajstić information content (AvgIpc) is 2.69. The quantitative estimate of drug-likeness (QED) is 0.627. The van der Waals surface area contributed by atoms with Crippen molar-refractivity contribution in [2.45, 2.75) is 59.0 Å². The number of rotatable bonds is 9. The Morgan fingerprint density at radius 2 is 1.71 bits per heavy atom. The van der Waals surface area contributed by atoms with Crippen LogP contribution in [0.2, 0.25) is 0 Å². The molecule has 0 saturated heterocycles. The Balaban J connectivity index is 1.84. The lowest BCUT2D eigenvalue weighted by atomic mass is 9.86. The Bertz CT molecular complexity index is 747. The van der Waals surface area contributed by atoms with Gasteiger partial charge in [-0.2, -0.15) is 0 Å². The van der Waals surface area contributed by atoms with E-state index < -0.39 is 6.10 Å². The first kappa shape index (κ1) is 21.8. The number of benzene rings is 2. The Hall–Kier alpha value is -2.49. The molecule has 0 bridgehead atoms. The Morgan fingerprint density at radius 3 is 2.32 bits per heavy atom. The summed E-state index contributed by atoms with van der Waals surface area (Å²) in [6.07, 6.45) is 1.08. The number of hydrogen-bond acceptors (Lipinski definition) is 3. The molecule has 1 N–H and O–H groups in total. The summed E-state index contributed by atoms with van der Waals surface area (Å²) in [5.74, 6) is 1.47. The van der Waals surface area contributed by atoms with Gasteiger partial charge >= 0.3 is 0 Å². The number of hydrogen-bond donors (Lipinski definition) is 1. The average molecular weight is 384 g/mol. The van der Waals surface area contributed by atoms with Crippen LogP contribution in [0.15, 0.2) is 48.5 Å². The predicted octanol–water partition coefficient (Wildman–Crippen LogP) is 4.90. The molecule has 0 radical (unpaired) electrons. The van der Waals surface area contributed by atoms with Gasteiger partial charge in [0.15, 0.2) is 6.10 Å². The van der Waals surface area contributed by atoms with E-state index >= 15 is 0 Å². The van der Waals surface area contributed by atoms with Gasteiger partial charge < -0.3 is 14.8 Å². The molecule has 0 aromatic heterocycles. The van der Waals surface area contributed by atoms with Crippen LogP contribution in [-0.4, -0.2) is 25.2 Å². The highest BCUT2D eigenvalue weighted by molar-refractivity contribution is 5.81. The van der Waals surface area contributed by atoms with E-state index in [9.17, 15) is 4.79 Å². The molecule has 2 aromatic rings. The van der Waals surface area contributed by atoms with E-state index in [0.717, 1.165) is 23.5 Å². The van der Waals surface area contributed by atoms with Gasteiger partial charge in [-0.3, -0.25) is 4.79 Å². The summed E-state index contributed by atoms with van der Waals surface area (Å²) in [5, 5.41) is 2.92. The van der Waals surface area contributed by atoms with Gasteiger partial charge in [-0.1, -0.05) is 65.0 Å². The first-order valence-electron chi connectivity index (χ1n) is 10.1. The summed E-state index contributed by atoms with van der Waals surface area (Å²) >= 11 is 0. The van der Waals surface area contributed by atoms with Gasteiger partial charge in [0.2, 0.25) is 0 Å². The fourth-order valence-corrected chi connectivity index (χ4v) is 2.95. The molecule has 1 atom stereocenters. The Labute approximate surface area is 169 Å². The SMILES string of the molecule is CCc1ccc(O[C@@H](CC)C(=O)NCCOc2ccccc2C(C)(C)C)cc1. The van der Waals surface area contributed by atoms with Crippen molar-refractivity contribution in [3.8, 4) is 11.5 Å². The highest BCUT2D eigenvalue weighted by Gasteiger charge is 2.19. The molecule has 0 aliphatic carbocycles. The lowest BCUT2D eigenvalue weighted by molar-refractivity contribution is -0.128. The second-order valence-corrected chi connectivity index (χ2v) is 7.90. The zero-order valence-electron chi connectivity index (χ0n) is 17.7. The van der Waals surface area contributed by atoms with E-state index in [0.29, 0.717) is 19.6 Å². The highest BCUT2D eigenvalue weighted by atomic mass is 16.5. The molecule has 0 aliphatic heterocycles. The number of ether oxygens (including phenoxy) is 2. The number of aryl methyl sites for hydroxylation is 1. The molecule has 4 heteroatoms. The molecular formula is C24H33NO3. The first-order chi connectivity index (χ1) is 13.3. The van der Waals surface area contributed by atoms with Crippen LogP contribution in [0.3, 0.4) is 0 Å². The largest absolute Gasteiger partial charge is 0.491 e. The summed E-state index contributed by atoms with van der Waals surface area (Å²) in [6, 6.07) is 15.9. The molecule has 0 fully saturated rings. The highest BCUT2D eigenvalue weighted by Crippen LogP contribution is 2.30. The van der Waals surface area contributed by atoms with Gasteiger partial charge in [0, 0.05) is 0 Å². The molecule has 152 valence electrons. The van der Waals surface area contributed by atoms with Crippen molar-refractivity contribution >= 4 is 5.91 Å². The van der Waals surface area contributed by atoms with Gasteiger partial charge in [0.1, 0.15) is 18.1 Å². The van der Waals surface area contributed by atoms with Crippen LogP contribution in [-0.2, 0) is 16.6 Å². The normalized spacial score (nSPS) is 12.3. The van der Waals surface area contributed by atoms with Crippen molar-refractivity contribution < 1.29 is 14.3 Å². The molecule has 0 unspecified atom stereocenters. The Morgan fingerprint density at radius 1 is 1.04 bits per heavy atom. The molecule has 2 aromatic carbocycles. The molecule has 28 heavy (non-hydrogen) atoms. The zero-order chi connectivity index (χ0) is 20.6. The minimum atomic E-state index is -0.505. The van der Waals surface area contributed by atoms with Gasteiger partial charge in [-0.15, -0.1) is 0 Å². The molecule has 0 spiro atoms. The van der Waals surface area contributed by atoms with Crippen LogP contribution >= 0.6 is 0 Å². The summed E-state index contributed by atoms with van der Waals surface area (Å²) in [5.41, 5.74) is 2.41. The summed E-state index contributed by atoms with van der Waals surface area (Å²) in [4.78, 5) is 12.4. The van der Waals surface area contributed by atoms with E-state index in [1.165, 1.54) is 5.56 Å². The predicted molar refractivity (Wildman–Crippen MR) is 114 cm³/mol. The minimum absolute atomic E-state index is 0.00825. The van der Waals surface area contributed by atoms with Crippen molar-refractivity contribution in [2.24, 2.45) is 0 Å². The van der Waals surface area contributed by atoms with Crippen LogP contribution in [0.25, 0.3) is 0 Å². The van der Waals surface area contributed by atoms with Crippen molar-refractivity contribution in [3.05, 3.63) is 59.7 Å². The number of carbonyl (C=O) groups is 1. The van der Waals surface area contributed by atoms with E-state index in [1.807, 2.05) is 49.4 Å². The summed E-state index contributed by atoms with van der Waals surface area (Å²) in [7, 11) is 0. The van der Waals surface area contributed by atoms with Gasteiger partial charge in [0.05, 0.1) is 6.54 Å². The van der Waals surface area contributed by atoms with E-state index in [4.69, 9.17) is 9.47 Å². The second-order valence-electron chi connectivity index (χ2n) is 7.90. The number of carbonyl (C=O) groups excluding carboxylic acids is 1. The monoisotopic (exact) mass is 383 g/mol. The molecular weight excluding hydrogens is 350 g/mol. The van der Waals surface area contributed by atoms with Gasteiger partial charge in [-0.25, -0.2) is 0 Å². The molecule has 0 heterocycles. The lowest BCUT2D eigenvalue weighted by Crippen LogP contribution is -2.39. The molecule has 2 rings (SSSR count). The van der Waals surface area contributed by atoms with Gasteiger partial charge in [0.25, 0.3) is 5.91 Å². The third-order valence-electron chi connectivity index (χ3n) is 4.63. The van der Waals surface area contributed by atoms with Crippen LogP contribution in [0, 0.1) is 0 Å². The minimum Gasteiger partial charge on any atom is -0.491 e. The number of para-hydroxylation sites is 1. The third kappa shape index (κ3) is 6.29. The molecule has 4 nitrogen and oxygen atoms in total. The number of nitrogens with one attached hydrogen (secondary N) is 1. The van der Waals surface area contributed by atoms with Crippen LogP contribution in [0.4, 0.5) is 0 Å². The smallest absolute Gasteiger partial charge is 0.261 e. The fourth-order valence-electron chi connectivity index (χ4n) is 2.95. The van der Waals surface area contributed by atoms with Crippen molar-refractivity contribution in [1.29, 1.82) is 0 Å². The van der Waals surface area contributed by atoms with Crippen LogP contribution in [0.5, 0.6) is 11.5 Å². The van der Waals surface area contributed by atoms with Crippen LogP contribution < -0.4 is 14.8 Å². The summed E-state index contributed by atoms with van der Waals surface area (Å²) < 4.78 is 11.8. The van der Waals surface area contributed by atoms with Crippen molar-refractivity contribution in [1.82, 2.24) is 5.32 Å². The molecule has 0 aliphatic rings. The van der Waals surface area contributed by atoms with Gasteiger partial charge in [-0.05, 0) is 47.6 Å². The standard InChI is InChI=1S/C24H33NO3/c1-6-18-12-14-19(15-13-18)28-21(7-2)23(26)25-16-17-27-22-11-9-8-10-20(22)24(3,4)5/h8-15,21H,6-7,16-17H2,1-5H3,(H,25,26)/t21-/m0/s1. The maximum absolute atomic E-state index is 12.4. The fraction of sp³-hybridized carbons (Fsp3) is 0.458. The van der Waals surface area contributed by atoms with E-state index in [-0.39, 0.29) is 11.3 Å². The topological polar surface area (TPSA) is 47.6 Å². The van der Waals surface area contributed by atoms with Crippen molar-refractivity contribution in [2.75, 3.05) is 13.2 Å².